The molecular formula is C16H27N3S. The number of fused-ring (bicyclic) bond motifs is 1. The first kappa shape index (κ1) is 14.5. The Morgan fingerprint density at radius 1 is 1.35 bits per heavy atom. The maximum absolute atomic E-state index is 6.28. The lowest BCUT2D eigenvalue weighted by molar-refractivity contribution is 0.0357. The molecule has 2 aliphatic rings. The zero-order valence-corrected chi connectivity index (χ0v) is 13.6. The van der Waals surface area contributed by atoms with Crippen LogP contribution in [0.25, 0.3) is 0 Å². The molecule has 1 saturated heterocycles. The molecule has 1 fully saturated rings. The summed E-state index contributed by atoms with van der Waals surface area (Å²) >= 11 is 1.92. The van der Waals surface area contributed by atoms with Crippen molar-refractivity contribution in [1.82, 2.24) is 9.80 Å². The topological polar surface area (TPSA) is 32.5 Å². The fraction of sp³-hybridized carbons (Fsp3) is 0.750. The van der Waals surface area contributed by atoms with Gasteiger partial charge in [0.1, 0.15) is 0 Å². The van der Waals surface area contributed by atoms with Crippen LogP contribution in [0.15, 0.2) is 11.4 Å². The first-order valence-corrected chi connectivity index (χ1v) is 8.76. The third kappa shape index (κ3) is 2.43. The van der Waals surface area contributed by atoms with Gasteiger partial charge in [0.05, 0.1) is 0 Å². The zero-order chi connectivity index (χ0) is 14.2. The minimum atomic E-state index is 0.212. The van der Waals surface area contributed by atoms with Gasteiger partial charge in [-0.05, 0) is 69.8 Å². The third-order valence-electron chi connectivity index (χ3n) is 5.41. The van der Waals surface area contributed by atoms with Crippen molar-refractivity contribution in [1.29, 1.82) is 0 Å². The molecule has 2 aliphatic heterocycles. The first-order chi connectivity index (χ1) is 9.66. The molecule has 1 aromatic heterocycles. The van der Waals surface area contributed by atoms with Gasteiger partial charge in [0.25, 0.3) is 0 Å². The summed E-state index contributed by atoms with van der Waals surface area (Å²) in [4.78, 5) is 6.77. The van der Waals surface area contributed by atoms with Crippen LogP contribution in [0.5, 0.6) is 0 Å². The van der Waals surface area contributed by atoms with Crippen LogP contribution < -0.4 is 5.73 Å². The maximum atomic E-state index is 6.28. The summed E-state index contributed by atoms with van der Waals surface area (Å²) in [7, 11) is 2.24. The van der Waals surface area contributed by atoms with Crippen molar-refractivity contribution in [3.63, 3.8) is 0 Å². The molecule has 1 aromatic rings. The van der Waals surface area contributed by atoms with Gasteiger partial charge in [0.2, 0.25) is 0 Å². The highest BCUT2D eigenvalue weighted by molar-refractivity contribution is 7.10. The lowest BCUT2D eigenvalue weighted by atomic mass is 9.84. The van der Waals surface area contributed by atoms with Gasteiger partial charge in [-0.2, -0.15) is 0 Å². The van der Waals surface area contributed by atoms with E-state index in [0.717, 1.165) is 6.54 Å². The molecule has 4 heteroatoms. The number of thiophene rings is 1. The lowest BCUT2D eigenvalue weighted by Gasteiger charge is -2.48. The lowest BCUT2D eigenvalue weighted by Crippen LogP contribution is -2.56. The second-order valence-electron chi connectivity index (χ2n) is 6.50. The minimum Gasteiger partial charge on any atom is -0.329 e. The van der Waals surface area contributed by atoms with Crippen LogP contribution in [0.3, 0.4) is 0 Å². The summed E-state index contributed by atoms with van der Waals surface area (Å²) in [6, 6.07) is 2.85. The molecule has 2 N–H and O–H groups in total. The van der Waals surface area contributed by atoms with Crippen LogP contribution in [0.2, 0.25) is 0 Å². The molecule has 0 bridgehead atoms. The molecule has 3 rings (SSSR count). The number of hydrogen-bond acceptors (Lipinski definition) is 4. The van der Waals surface area contributed by atoms with E-state index < -0.39 is 0 Å². The molecular weight excluding hydrogens is 266 g/mol. The molecule has 0 aromatic carbocycles. The molecule has 3 heterocycles. The van der Waals surface area contributed by atoms with Gasteiger partial charge in [0.15, 0.2) is 0 Å². The van der Waals surface area contributed by atoms with Crippen molar-refractivity contribution in [3.05, 3.63) is 21.9 Å². The summed E-state index contributed by atoms with van der Waals surface area (Å²) in [6.07, 6.45) is 4.93. The summed E-state index contributed by atoms with van der Waals surface area (Å²) < 4.78 is 0. The number of nitrogens with two attached hydrogens (primary N) is 1. The highest BCUT2D eigenvalue weighted by Crippen LogP contribution is 2.40. The van der Waals surface area contributed by atoms with E-state index in [9.17, 15) is 0 Å². The van der Waals surface area contributed by atoms with Crippen LogP contribution in [0, 0.1) is 0 Å². The Morgan fingerprint density at radius 3 is 3.00 bits per heavy atom. The smallest absolute Gasteiger partial charge is 0.0350 e. The highest BCUT2D eigenvalue weighted by Gasteiger charge is 2.41. The quantitative estimate of drug-likeness (QED) is 0.909. The molecule has 0 radical (unpaired) electrons. The summed E-state index contributed by atoms with van der Waals surface area (Å²) in [5.41, 5.74) is 8.04. The van der Waals surface area contributed by atoms with Crippen molar-refractivity contribution >= 4 is 11.3 Å². The minimum absolute atomic E-state index is 0.212. The van der Waals surface area contributed by atoms with E-state index in [-0.39, 0.29) is 5.54 Å². The van der Waals surface area contributed by atoms with E-state index in [0.29, 0.717) is 6.04 Å². The van der Waals surface area contributed by atoms with Gasteiger partial charge in [-0.15, -0.1) is 11.3 Å². The van der Waals surface area contributed by atoms with Crippen molar-refractivity contribution in [2.45, 2.75) is 44.2 Å². The molecule has 20 heavy (non-hydrogen) atoms. The van der Waals surface area contributed by atoms with Crippen LogP contribution in [-0.2, 0) is 6.42 Å². The van der Waals surface area contributed by atoms with Crippen molar-refractivity contribution in [2.24, 2.45) is 5.73 Å². The molecule has 2 unspecified atom stereocenters. The van der Waals surface area contributed by atoms with E-state index in [1.807, 2.05) is 11.3 Å². The number of likely N-dealkylation sites (tertiary alicyclic amines) is 1. The Morgan fingerprint density at radius 2 is 2.20 bits per heavy atom. The van der Waals surface area contributed by atoms with Gasteiger partial charge in [-0.1, -0.05) is 0 Å². The SMILES string of the molecule is CC1c2ccsc2CCN1C1(CN)CCCN(C)CC1. The predicted molar refractivity (Wildman–Crippen MR) is 86.3 cm³/mol. The largest absolute Gasteiger partial charge is 0.329 e. The average Bonchev–Trinajstić information content (AvgIpc) is 2.85. The highest BCUT2D eigenvalue weighted by atomic mass is 32.1. The third-order valence-corrected chi connectivity index (χ3v) is 6.40. The van der Waals surface area contributed by atoms with Crippen molar-refractivity contribution < 1.29 is 0 Å². The predicted octanol–water partition coefficient (Wildman–Crippen LogP) is 2.48. The van der Waals surface area contributed by atoms with Crippen molar-refractivity contribution in [2.75, 3.05) is 33.2 Å². The summed E-state index contributed by atoms with van der Waals surface area (Å²) in [5, 5.41) is 2.25. The number of rotatable bonds is 2. The zero-order valence-electron chi connectivity index (χ0n) is 12.8. The Kier molecular flexibility index (Phi) is 4.18. The van der Waals surface area contributed by atoms with E-state index in [4.69, 9.17) is 5.73 Å². The van der Waals surface area contributed by atoms with Crippen LogP contribution in [0.1, 0.15) is 42.7 Å². The van der Waals surface area contributed by atoms with Crippen LogP contribution in [-0.4, -0.2) is 48.6 Å². The standard InChI is InChI=1S/C16H27N3S/c1-13-14-5-11-20-15(14)4-9-19(13)16(12-17)6-3-8-18(2)10-7-16/h5,11,13H,3-4,6-10,12,17H2,1-2H3. The fourth-order valence-corrected chi connectivity index (χ4v) is 5.04. The van der Waals surface area contributed by atoms with Gasteiger partial charge >= 0.3 is 0 Å². The van der Waals surface area contributed by atoms with Gasteiger partial charge in [-0.25, -0.2) is 0 Å². The second-order valence-corrected chi connectivity index (χ2v) is 7.50. The normalized spacial score (nSPS) is 32.9. The Hall–Kier alpha value is -0.420. The fourth-order valence-electron chi connectivity index (χ4n) is 4.08. The summed E-state index contributed by atoms with van der Waals surface area (Å²) in [6.45, 7) is 6.74. The number of hydrogen-bond donors (Lipinski definition) is 1. The Bertz CT molecular complexity index is 458. The molecule has 0 saturated carbocycles. The summed E-state index contributed by atoms with van der Waals surface area (Å²) in [5.74, 6) is 0. The first-order valence-electron chi connectivity index (χ1n) is 7.88. The average molecular weight is 293 g/mol. The molecule has 2 atom stereocenters. The maximum Gasteiger partial charge on any atom is 0.0350 e. The molecule has 3 nitrogen and oxygen atoms in total. The Labute approximate surface area is 126 Å². The van der Waals surface area contributed by atoms with Gasteiger partial charge in [0, 0.05) is 29.5 Å². The van der Waals surface area contributed by atoms with Crippen LogP contribution >= 0.6 is 11.3 Å². The second kappa shape index (κ2) is 5.76. The molecule has 0 amide bonds. The Balaban J connectivity index is 1.86. The van der Waals surface area contributed by atoms with Gasteiger partial charge in [-0.3, -0.25) is 4.90 Å². The van der Waals surface area contributed by atoms with E-state index >= 15 is 0 Å². The van der Waals surface area contributed by atoms with Gasteiger partial charge < -0.3 is 10.6 Å². The van der Waals surface area contributed by atoms with E-state index in [2.05, 4.69) is 35.2 Å². The molecule has 0 aliphatic carbocycles. The van der Waals surface area contributed by atoms with E-state index in [1.54, 1.807) is 10.4 Å². The monoisotopic (exact) mass is 293 g/mol. The van der Waals surface area contributed by atoms with Crippen molar-refractivity contribution in [3.8, 4) is 0 Å². The molecule has 0 spiro atoms. The number of nitrogens with zero attached hydrogens (tertiary/aromatic N) is 2. The molecule has 112 valence electrons. The van der Waals surface area contributed by atoms with E-state index in [1.165, 1.54) is 45.3 Å². The van der Waals surface area contributed by atoms with Crippen LogP contribution in [0.4, 0.5) is 0 Å².